The summed E-state index contributed by atoms with van der Waals surface area (Å²) in [6.07, 6.45) is 10.1. The Labute approximate surface area is 294 Å². The van der Waals surface area contributed by atoms with Gasteiger partial charge < -0.3 is 24.1 Å². The van der Waals surface area contributed by atoms with Crippen LogP contribution in [0.25, 0.3) is 0 Å². The third-order valence-corrected chi connectivity index (χ3v) is 16.7. The zero-order chi connectivity index (χ0) is 34.6. The Kier molecular flexibility index (Phi) is 11.7. The van der Waals surface area contributed by atoms with Crippen LogP contribution in [0.3, 0.4) is 0 Å². The minimum Gasteiger partial charge on any atom is -0.496 e. The quantitative estimate of drug-likeness (QED) is 0.166. The molecule has 3 heterocycles. The van der Waals surface area contributed by atoms with E-state index in [4.69, 9.17) is 25.5 Å². The average Bonchev–Trinajstić information content (AvgIpc) is 3.08. The van der Waals surface area contributed by atoms with Crippen LogP contribution in [0.1, 0.15) is 102 Å². The van der Waals surface area contributed by atoms with E-state index in [1.54, 1.807) is 13.2 Å². The van der Waals surface area contributed by atoms with E-state index in [1.165, 1.54) is 0 Å². The molecule has 264 valence electrons. The number of halogens is 1. The Morgan fingerprint density at radius 3 is 2.31 bits per heavy atom. The van der Waals surface area contributed by atoms with Crippen molar-refractivity contribution in [3.63, 3.8) is 0 Å². The number of methoxy groups -OCH3 is 1. The highest BCUT2D eigenvalue weighted by molar-refractivity contribution is 6.74. The van der Waals surface area contributed by atoms with Crippen LogP contribution < -0.4 is 10.1 Å². The van der Waals surface area contributed by atoms with Crippen molar-refractivity contribution < 1.29 is 23.5 Å². The van der Waals surface area contributed by atoms with Gasteiger partial charge in [-0.05, 0) is 99.9 Å². The van der Waals surface area contributed by atoms with Gasteiger partial charge in [-0.3, -0.25) is 9.59 Å². The molecule has 1 saturated carbocycles. The van der Waals surface area contributed by atoms with Crippen LogP contribution in [0.4, 0.5) is 5.69 Å². The topological polar surface area (TPSA) is 77.1 Å². The number of carbonyl (C=O) groups excluding carboxylic acids is 2. The molecule has 0 aromatic heterocycles. The molecule has 6 rings (SSSR count). The SMILES string of the molecule is COc1cc(NC(=O)CCCc2cccc(C3(C(=O)OCC45CCN(CC4)CC5)CCCCC3)c2)c(Cl)cc1CO[Si](C)(C)C(C)(C)C. The maximum absolute atomic E-state index is 13.9. The first-order valence-electron chi connectivity index (χ1n) is 18.1. The van der Waals surface area contributed by atoms with Crippen molar-refractivity contribution in [2.24, 2.45) is 5.41 Å². The lowest BCUT2D eigenvalue weighted by atomic mass is 9.68. The summed E-state index contributed by atoms with van der Waals surface area (Å²) in [5, 5.41) is 3.54. The number of aryl methyl sites for hydroxylation is 1. The molecular weight excluding hydrogens is 640 g/mol. The number of esters is 1. The van der Waals surface area contributed by atoms with Gasteiger partial charge in [0.05, 0.1) is 36.4 Å². The standard InChI is InChI=1S/C39H57ClN2O5Si/c1-37(2,3)48(5,6)47-27-30-25-32(40)33(26-34(30)45-4)41-35(43)15-11-13-29-12-10-14-31(24-29)39(16-8-7-9-17-39)36(44)46-28-38-18-21-42(22-19-38)23-20-38/h10,12,14,24-26H,7-9,11,13,15-23,27-28H2,1-6H3,(H,41,43). The first kappa shape index (κ1) is 36.9. The highest BCUT2D eigenvalue weighted by Gasteiger charge is 2.45. The summed E-state index contributed by atoms with van der Waals surface area (Å²) in [5.74, 6) is 0.510. The summed E-state index contributed by atoms with van der Waals surface area (Å²) in [6, 6.07) is 12.1. The number of rotatable bonds is 13. The molecule has 7 nitrogen and oxygen atoms in total. The van der Waals surface area contributed by atoms with Crippen LogP contribution in [-0.4, -0.2) is 58.4 Å². The number of nitrogens with zero attached hydrogens (tertiary/aromatic N) is 1. The van der Waals surface area contributed by atoms with Gasteiger partial charge >= 0.3 is 5.97 Å². The van der Waals surface area contributed by atoms with Crippen LogP contribution in [0.5, 0.6) is 5.75 Å². The molecule has 1 aliphatic carbocycles. The molecule has 3 saturated heterocycles. The van der Waals surface area contributed by atoms with Crippen molar-refractivity contribution in [1.29, 1.82) is 0 Å². The van der Waals surface area contributed by atoms with Gasteiger partial charge in [-0.15, -0.1) is 0 Å². The molecule has 2 bridgehead atoms. The first-order valence-corrected chi connectivity index (χ1v) is 21.3. The van der Waals surface area contributed by atoms with E-state index < -0.39 is 13.7 Å². The molecule has 4 aliphatic rings. The predicted molar refractivity (Wildman–Crippen MR) is 196 cm³/mol. The van der Waals surface area contributed by atoms with Crippen molar-refractivity contribution in [2.75, 3.05) is 38.7 Å². The molecule has 48 heavy (non-hydrogen) atoms. The number of nitrogens with one attached hydrogen (secondary N) is 1. The van der Waals surface area contributed by atoms with Gasteiger partial charge in [0.2, 0.25) is 5.91 Å². The normalized spacial score (nSPS) is 22.3. The zero-order valence-corrected chi connectivity index (χ0v) is 31.9. The molecular formula is C39H57ClN2O5Si. The van der Waals surface area contributed by atoms with E-state index in [0.29, 0.717) is 42.5 Å². The summed E-state index contributed by atoms with van der Waals surface area (Å²) in [7, 11) is -0.334. The number of amides is 1. The lowest BCUT2D eigenvalue weighted by molar-refractivity contribution is -0.159. The van der Waals surface area contributed by atoms with Crippen LogP contribution in [0, 0.1) is 5.41 Å². The van der Waals surface area contributed by atoms with Crippen molar-refractivity contribution in [3.8, 4) is 5.75 Å². The smallest absolute Gasteiger partial charge is 0.316 e. The van der Waals surface area contributed by atoms with Gasteiger partial charge in [0.15, 0.2) is 8.32 Å². The molecule has 3 aliphatic heterocycles. The summed E-state index contributed by atoms with van der Waals surface area (Å²) in [5.41, 5.74) is 3.20. The van der Waals surface area contributed by atoms with Crippen LogP contribution >= 0.6 is 11.6 Å². The Morgan fingerprint density at radius 1 is 0.979 bits per heavy atom. The number of piperidine rings is 3. The minimum atomic E-state index is -1.95. The van der Waals surface area contributed by atoms with Crippen LogP contribution in [-0.2, 0) is 37.2 Å². The molecule has 0 atom stereocenters. The number of hydrogen-bond acceptors (Lipinski definition) is 6. The summed E-state index contributed by atoms with van der Waals surface area (Å²) < 4.78 is 18.3. The van der Waals surface area contributed by atoms with Crippen molar-refractivity contribution >= 4 is 37.5 Å². The van der Waals surface area contributed by atoms with Crippen molar-refractivity contribution in [1.82, 2.24) is 4.90 Å². The van der Waals surface area contributed by atoms with Crippen LogP contribution in [0.15, 0.2) is 36.4 Å². The van der Waals surface area contributed by atoms with Gasteiger partial charge in [-0.1, -0.05) is 75.9 Å². The predicted octanol–water partition coefficient (Wildman–Crippen LogP) is 9.06. The maximum Gasteiger partial charge on any atom is 0.316 e. The monoisotopic (exact) mass is 696 g/mol. The second kappa shape index (κ2) is 15.2. The Morgan fingerprint density at radius 2 is 1.67 bits per heavy atom. The minimum absolute atomic E-state index is 0.0361. The fourth-order valence-electron chi connectivity index (χ4n) is 7.39. The molecule has 1 N–H and O–H groups in total. The van der Waals surface area contributed by atoms with E-state index in [9.17, 15) is 9.59 Å². The largest absolute Gasteiger partial charge is 0.496 e. The molecule has 0 radical (unpaired) electrons. The van der Waals surface area contributed by atoms with Gasteiger partial charge in [-0.2, -0.15) is 0 Å². The average molecular weight is 697 g/mol. The van der Waals surface area contributed by atoms with E-state index in [1.807, 2.05) is 6.07 Å². The van der Waals surface area contributed by atoms with Gasteiger partial charge in [0.25, 0.3) is 0 Å². The third-order valence-electron chi connectivity index (χ3n) is 11.9. The van der Waals surface area contributed by atoms with Gasteiger partial charge in [-0.25, -0.2) is 0 Å². The molecule has 0 unspecified atom stereocenters. The number of benzene rings is 2. The molecule has 4 fully saturated rings. The third kappa shape index (κ3) is 8.48. The number of fused-ring (bicyclic) bond motifs is 3. The van der Waals surface area contributed by atoms with E-state index in [0.717, 1.165) is 94.1 Å². The zero-order valence-electron chi connectivity index (χ0n) is 30.1. The summed E-state index contributed by atoms with van der Waals surface area (Å²) in [4.78, 5) is 29.5. The highest BCUT2D eigenvalue weighted by Crippen LogP contribution is 2.44. The Hall–Kier alpha value is -2.39. The first-order chi connectivity index (χ1) is 22.8. The number of ether oxygens (including phenoxy) is 2. The van der Waals surface area contributed by atoms with Crippen molar-refractivity contribution in [3.05, 3.63) is 58.1 Å². The van der Waals surface area contributed by atoms with E-state index in [-0.39, 0.29) is 22.3 Å². The summed E-state index contributed by atoms with van der Waals surface area (Å²) >= 11 is 6.63. The van der Waals surface area contributed by atoms with E-state index >= 15 is 0 Å². The number of hydrogen-bond donors (Lipinski definition) is 1. The number of anilines is 1. The Balaban J connectivity index is 1.17. The lowest BCUT2D eigenvalue weighted by Crippen LogP contribution is -2.51. The van der Waals surface area contributed by atoms with Gasteiger partial charge in [0, 0.05) is 23.5 Å². The van der Waals surface area contributed by atoms with Crippen molar-refractivity contribution in [2.45, 2.75) is 122 Å². The molecule has 9 heteroatoms. The second-order valence-corrected chi connectivity index (χ2v) is 21.3. The Bertz CT molecular complexity index is 1430. The molecule has 2 aromatic rings. The fourth-order valence-corrected chi connectivity index (χ4v) is 8.58. The molecule has 0 spiro atoms. The maximum atomic E-state index is 13.9. The fraction of sp³-hybridized carbons (Fsp3) is 0.641. The number of carbonyl (C=O) groups is 2. The summed E-state index contributed by atoms with van der Waals surface area (Å²) in [6.45, 7) is 15.4. The van der Waals surface area contributed by atoms with Crippen LogP contribution in [0.2, 0.25) is 23.2 Å². The second-order valence-electron chi connectivity index (χ2n) is 16.1. The lowest BCUT2D eigenvalue weighted by Gasteiger charge is -2.48. The molecule has 2 aromatic carbocycles. The van der Waals surface area contributed by atoms with E-state index in [2.05, 4.69) is 68.3 Å². The van der Waals surface area contributed by atoms with Gasteiger partial charge in [0.1, 0.15) is 5.75 Å². The molecule has 1 amide bonds. The highest BCUT2D eigenvalue weighted by atomic mass is 35.5.